The van der Waals surface area contributed by atoms with E-state index in [1.54, 1.807) is 12.1 Å². The molecule has 0 saturated carbocycles. The summed E-state index contributed by atoms with van der Waals surface area (Å²) < 4.78 is 41.3. The van der Waals surface area contributed by atoms with Gasteiger partial charge in [0.25, 0.3) is 0 Å². The predicted molar refractivity (Wildman–Crippen MR) is 101 cm³/mol. The molecule has 1 fully saturated rings. The Balaban J connectivity index is 1.97. The van der Waals surface area contributed by atoms with E-state index < -0.39 is 12.8 Å². The van der Waals surface area contributed by atoms with Gasteiger partial charge in [-0.25, -0.2) is 4.99 Å². The van der Waals surface area contributed by atoms with Crippen molar-refractivity contribution in [3.8, 4) is 5.75 Å². The van der Waals surface area contributed by atoms with Crippen molar-refractivity contribution >= 4 is 11.9 Å². The average molecular weight is 400 g/mol. The van der Waals surface area contributed by atoms with E-state index in [1.165, 1.54) is 12.1 Å². The van der Waals surface area contributed by atoms with Crippen molar-refractivity contribution in [3.05, 3.63) is 29.8 Å². The Labute approximate surface area is 162 Å². The second kappa shape index (κ2) is 10.2. The van der Waals surface area contributed by atoms with Crippen LogP contribution < -0.4 is 15.8 Å². The minimum atomic E-state index is -4.36. The summed E-state index contributed by atoms with van der Waals surface area (Å²) in [7, 11) is 0. The maximum Gasteiger partial charge on any atom is 0.422 e. The fourth-order valence-electron chi connectivity index (χ4n) is 3.16. The molecule has 1 aliphatic heterocycles. The molecule has 0 spiro atoms. The average Bonchev–Trinajstić information content (AvgIpc) is 2.63. The summed E-state index contributed by atoms with van der Waals surface area (Å²) in [5, 5.41) is 3.25. The lowest BCUT2D eigenvalue weighted by Gasteiger charge is -2.34. The van der Waals surface area contributed by atoms with Crippen LogP contribution in [0.5, 0.6) is 5.75 Å². The lowest BCUT2D eigenvalue weighted by molar-refractivity contribution is -0.153. The number of rotatable bonds is 7. The van der Waals surface area contributed by atoms with Crippen molar-refractivity contribution in [2.45, 2.75) is 38.9 Å². The first kappa shape index (κ1) is 21.8. The zero-order valence-electron chi connectivity index (χ0n) is 16.0. The fourth-order valence-corrected chi connectivity index (χ4v) is 3.16. The standard InChI is InChI=1S/C19H27F3N4O2/c1-2-24-18(26-9-3-4-15(12-26)10-17(23)27)25-11-14-5-7-16(8-6-14)28-13-19(20,21)22/h5-8,15H,2-4,9-13H2,1H3,(H2,23,27)(H,24,25). The number of halogens is 3. The number of carbonyl (C=O) groups excluding carboxylic acids is 1. The summed E-state index contributed by atoms with van der Waals surface area (Å²) in [4.78, 5) is 18.0. The number of aliphatic imine (C=N–C) groups is 1. The summed E-state index contributed by atoms with van der Waals surface area (Å²) in [6.45, 7) is 3.34. The molecule has 1 aliphatic rings. The number of amides is 1. The van der Waals surface area contributed by atoms with E-state index >= 15 is 0 Å². The number of primary amides is 1. The molecule has 0 bridgehead atoms. The molecule has 6 nitrogen and oxygen atoms in total. The van der Waals surface area contributed by atoms with E-state index in [4.69, 9.17) is 10.5 Å². The van der Waals surface area contributed by atoms with E-state index in [2.05, 4.69) is 15.2 Å². The molecule has 2 rings (SSSR count). The van der Waals surface area contributed by atoms with Gasteiger partial charge < -0.3 is 20.7 Å². The molecule has 1 atom stereocenters. The van der Waals surface area contributed by atoms with Gasteiger partial charge in [0.15, 0.2) is 12.6 Å². The Morgan fingerprint density at radius 2 is 2.07 bits per heavy atom. The lowest BCUT2D eigenvalue weighted by atomic mass is 9.95. The van der Waals surface area contributed by atoms with E-state index in [0.717, 1.165) is 37.5 Å². The van der Waals surface area contributed by atoms with Crippen LogP contribution in [0.25, 0.3) is 0 Å². The number of likely N-dealkylation sites (tertiary alicyclic amines) is 1. The van der Waals surface area contributed by atoms with Gasteiger partial charge in [-0.05, 0) is 43.4 Å². The first-order chi connectivity index (χ1) is 13.3. The van der Waals surface area contributed by atoms with Gasteiger partial charge >= 0.3 is 6.18 Å². The molecule has 28 heavy (non-hydrogen) atoms. The van der Waals surface area contributed by atoms with Gasteiger partial charge in [-0.1, -0.05) is 12.1 Å². The summed E-state index contributed by atoms with van der Waals surface area (Å²) in [5.74, 6) is 0.859. The number of nitrogens with zero attached hydrogens (tertiary/aromatic N) is 2. The van der Waals surface area contributed by atoms with Crippen LogP contribution in [0.3, 0.4) is 0 Å². The third-order valence-electron chi connectivity index (χ3n) is 4.38. The minimum Gasteiger partial charge on any atom is -0.484 e. The molecular weight excluding hydrogens is 373 g/mol. The van der Waals surface area contributed by atoms with E-state index in [1.807, 2.05) is 6.92 Å². The second-order valence-corrected chi connectivity index (χ2v) is 6.84. The van der Waals surface area contributed by atoms with Gasteiger partial charge in [0.2, 0.25) is 5.91 Å². The second-order valence-electron chi connectivity index (χ2n) is 6.84. The Morgan fingerprint density at radius 3 is 2.68 bits per heavy atom. The first-order valence-electron chi connectivity index (χ1n) is 9.37. The zero-order valence-corrected chi connectivity index (χ0v) is 16.0. The van der Waals surface area contributed by atoms with Crippen molar-refractivity contribution in [2.24, 2.45) is 16.6 Å². The number of ether oxygens (including phenoxy) is 1. The maximum absolute atomic E-state index is 12.2. The molecule has 1 unspecified atom stereocenters. The largest absolute Gasteiger partial charge is 0.484 e. The monoisotopic (exact) mass is 400 g/mol. The maximum atomic E-state index is 12.2. The van der Waals surface area contributed by atoms with Gasteiger partial charge in [0.1, 0.15) is 5.75 Å². The Kier molecular flexibility index (Phi) is 7.95. The van der Waals surface area contributed by atoms with E-state index in [0.29, 0.717) is 19.5 Å². The van der Waals surface area contributed by atoms with Crippen molar-refractivity contribution in [1.29, 1.82) is 0 Å². The third-order valence-corrected chi connectivity index (χ3v) is 4.38. The van der Waals surface area contributed by atoms with Crippen LogP contribution in [0.1, 0.15) is 31.7 Å². The van der Waals surface area contributed by atoms with Crippen molar-refractivity contribution in [2.75, 3.05) is 26.2 Å². The number of piperidine rings is 1. The normalized spacial score (nSPS) is 18.1. The minimum absolute atomic E-state index is 0.169. The van der Waals surface area contributed by atoms with Gasteiger partial charge in [-0.15, -0.1) is 0 Å². The first-order valence-corrected chi connectivity index (χ1v) is 9.37. The molecule has 0 aromatic heterocycles. The molecule has 1 heterocycles. The van der Waals surface area contributed by atoms with Crippen molar-refractivity contribution in [1.82, 2.24) is 10.2 Å². The number of hydrogen-bond donors (Lipinski definition) is 2. The SMILES string of the molecule is CCNC(=NCc1ccc(OCC(F)(F)F)cc1)N1CCCC(CC(N)=O)C1. The van der Waals surface area contributed by atoms with Crippen LogP contribution >= 0.6 is 0 Å². The summed E-state index contributed by atoms with van der Waals surface area (Å²) in [6, 6.07) is 6.41. The molecule has 156 valence electrons. The molecule has 9 heteroatoms. The van der Waals surface area contributed by atoms with Gasteiger partial charge in [-0.3, -0.25) is 4.79 Å². The fraction of sp³-hybridized carbons (Fsp3) is 0.579. The number of nitrogens with one attached hydrogen (secondary N) is 1. The van der Waals surface area contributed by atoms with Crippen LogP contribution in [0, 0.1) is 5.92 Å². The van der Waals surface area contributed by atoms with Gasteiger partial charge in [0.05, 0.1) is 6.54 Å². The number of guanidine groups is 1. The summed E-state index contributed by atoms with van der Waals surface area (Å²) >= 11 is 0. The zero-order chi connectivity index (χ0) is 20.6. The predicted octanol–water partition coefficient (Wildman–Crippen LogP) is 2.68. The molecule has 1 saturated heterocycles. The number of carbonyl (C=O) groups is 1. The molecule has 1 aromatic rings. The molecule has 0 radical (unpaired) electrons. The van der Waals surface area contributed by atoms with Crippen LogP contribution in [-0.2, 0) is 11.3 Å². The topological polar surface area (TPSA) is 80.0 Å². The van der Waals surface area contributed by atoms with E-state index in [9.17, 15) is 18.0 Å². The van der Waals surface area contributed by atoms with Gasteiger partial charge in [0, 0.05) is 26.1 Å². The Morgan fingerprint density at radius 1 is 1.36 bits per heavy atom. The number of alkyl halides is 3. The Bertz CT molecular complexity index is 662. The molecule has 1 aromatic carbocycles. The van der Waals surface area contributed by atoms with Crippen molar-refractivity contribution < 1.29 is 22.7 Å². The third kappa shape index (κ3) is 7.66. The highest BCUT2D eigenvalue weighted by molar-refractivity contribution is 5.80. The molecular formula is C19H27F3N4O2. The lowest BCUT2D eigenvalue weighted by Crippen LogP contribution is -2.47. The smallest absolute Gasteiger partial charge is 0.422 e. The highest BCUT2D eigenvalue weighted by Crippen LogP contribution is 2.21. The number of hydrogen-bond acceptors (Lipinski definition) is 3. The van der Waals surface area contributed by atoms with Crippen LogP contribution in [-0.4, -0.2) is 49.2 Å². The van der Waals surface area contributed by atoms with Crippen molar-refractivity contribution in [3.63, 3.8) is 0 Å². The molecule has 1 amide bonds. The van der Waals surface area contributed by atoms with Crippen LogP contribution in [0.2, 0.25) is 0 Å². The van der Waals surface area contributed by atoms with Gasteiger partial charge in [-0.2, -0.15) is 13.2 Å². The summed E-state index contributed by atoms with van der Waals surface area (Å²) in [5.41, 5.74) is 6.18. The number of benzene rings is 1. The molecule has 3 N–H and O–H groups in total. The van der Waals surface area contributed by atoms with Crippen LogP contribution in [0.15, 0.2) is 29.3 Å². The number of nitrogens with two attached hydrogens (primary N) is 1. The van der Waals surface area contributed by atoms with Crippen LogP contribution in [0.4, 0.5) is 13.2 Å². The molecule has 0 aliphatic carbocycles. The summed E-state index contributed by atoms with van der Waals surface area (Å²) in [6.07, 6.45) is -2.05. The van der Waals surface area contributed by atoms with E-state index in [-0.39, 0.29) is 17.6 Å². The quantitative estimate of drug-likeness (QED) is 0.545. The highest BCUT2D eigenvalue weighted by Gasteiger charge is 2.28. The Hall–Kier alpha value is -2.45. The highest BCUT2D eigenvalue weighted by atomic mass is 19.4.